The van der Waals surface area contributed by atoms with E-state index < -0.39 is 23.8 Å². The number of hydrazone groups is 1. The molecule has 1 aromatic heterocycles. The second kappa shape index (κ2) is 14.2. The lowest BCUT2D eigenvalue weighted by atomic mass is 9.95. The summed E-state index contributed by atoms with van der Waals surface area (Å²) in [5, 5.41) is 6.69. The molecule has 0 atom stereocenters. The first kappa shape index (κ1) is 29.5. The lowest BCUT2D eigenvalue weighted by Gasteiger charge is -2.12. The van der Waals surface area contributed by atoms with Crippen LogP contribution in [-0.2, 0) is 27.2 Å². The highest BCUT2D eigenvalue weighted by molar-refractivity contribution is 7.17. The SMILES string of the molecule is CCCOc1ccc(C(=O)Oc2ccc(/C=N/NC(=O)C(=O)Nc3sc4c(c3C(=O)OCC)CCCC4)cc2)cc1. The van der Waals surface area contributed by atoms with Crippen molar-refractivity contribution in [2.45, 2.75) is 46.0 Å². The van der Waals surface area contributed by atoms with Crippen LogP contribution in [0.25, 0.3) is 0 Å². The maximum Gasteiger partial charge on any atom is 0.343 e. The van der Waals surface area contributed by atoms with Crippen LogP contribution in [0.4, 0.5) is 5.00 Å². The summed E-state index contributed by atoms with van der Waals surface area (Å²) in [6.45, 7) is 4.54. The molecular weight excluding hydrogens is 546 g/mol. The van der Waals surface area contributed by atoms with E-state index in [1.807, 2.05) is 6.92 Å². The predicted octanol–water partition coefficient (Wildman–Crippen LogP) is 4.90. The third-order valence-corrected chi connectivity index (χ3v) is 7.32. The minimum absolute atomic E-state index is 0.207. The Kier molecular flexibility index (Phi) is 10.2. The molecule has 2 aromatic carbocycles. The fraction of sp³-hybridized carbons (Fsp3) is 0.300. The van der Waals surface area contributed by atoms with Crippen molar-refractivity contribution in [2.75, 3.05) is 18.5 Å². The summed E-state index contributed by atoms with van der Waals surface area (Å²) in [6.07, 6.45) is 5.74. The van der Waals surface area contributed by atoms with E-state index >= 15 is 0 Å². The number of rotatable bonds is 10. The lowest BCUT2D eigenvalue weighted by Crippen LogP contribution is -2.32. The average Bonchev–Trinajstić information content (AvgIpc) is 3.35. The number of thiophene rings is 1. The zero-order valence-corrected chi connectivity index (χ0v) is 23.7. The topological polar surface area (TPSA) is 132 Å². The first-order chi connectivity index (χ1) is 19.9. The van der Waals surface area contributed by atoms with E-state index in [9.17, 15) is 19.2 Å². The molecule has 1 heterocycles. The fourth-order valence-electron chi connectivity index (χ4n) is 4.14. The van der Waals surface area contributed by atoms with Gasteiger partial charge in [0.25, 0.3) is 0 Å². The molecule has 1 aliphatic rings. The van der Waals surface area contributed by atoms with Crippen LogP contribution in [0.3, 0.4) is 0 Å². The van der Waals surface area contributed by atoms with Crippen molar-refractivity contribution in [3.05, 3.63) is 75.7 Å². The molecule has 0 unspecified atom stereocenters. The molecule has 0 spiro atoms. The Bertz CT molecular complexity index is 1430. The van der Waals surface area contributed by atoms with E-state index in [0.29, 0.717) is 39.8 Å². The number of amides is 2. The largest absolute Gasteiger partial charge is 0.494 e. The van der Waals surface area contributed by atoms with Gasteiger partial charge in [0.15, 0.2) is 0 Å². The molecule has 11 heteroatoms. The van der Waals surface area contributed by atoms with Crippen LogP contribution in [0.5, 0.6) is 11.5 Å². The number of hydrogen-bond donors (Lipinski definition) is 2. The van der Waals surface area contributed by atoms with Crippen molar-refractivity contribution in [1.82, 2.24) is 5.43 Å². The van der Waals surface area contributed by atoms with Gasteiger partial charge in [-0.05, 0) is 98.7 Å². The minimum Gasteiger partial charge on any atom is -0.494 e. The molecule has 0 bridgehead atoms. The average molecular weight is 578 g/mol. The van der Waals surface area contributed by atoms with Crippen molar-refractivity contribution >= 4 is 46.3 Å². The van der Waals surface area contributed by atoms with Gasteiger partial charge in [0.2, 0.25) is 0 Å². The maximum atomic E-state index is 12.6. The van der Waals surface area contributed by atoms with Gasteiger partial charge in [-0.2, -0.15) is 5.10 Å². The molecule has 2 amide bonds. The van der Waals surface area contributed by atoms with Gasteiger partial charge in [-0.15, -0.1) is 11.3 Å². The number of carbonyl (C=O) groups is 4. The van der Waals surface area contributed by atoms with Crippen molar-refractivity contribution in [1.29, 1.82) is 0 Å². The molecule has 0 fully saturated rings. The molecule has 41 heavy (non-hydrogen) atoms. The van der Waals surface area contributed by atoms with Crippen LogP contribution in [-0.4, -0.2) is 43.2 Å². The fourth-order valence-corrected chi connectivity index (χ4v) is 5.42. The molecule has 0 saturated carbocycles. The number of benzene rings is 2. The number of carbonyl (C=O) groups excluding carboxylic acids is 4. The van der Waals surface area contributed by atoms with E-state index in [-0.39, 0.29) is 6.61 Å². The first-order valence-corrected chi connectivity index (χ1v) is 14.2. The second-order valence-electron chi connectivity index (χ2n) is 9.12. The van der Waals surface area contributed by atoms with Gasteiger partial charge in [0.05, 0.1) is 30.6 Å². The van der Waals surface area contributed by atoms with Crippen LogP contribution in [0.15, 0.2) is 53.6 Å². The molecule has 10 nitrogen and oxygen atoms in total. The zero-order valence-electron chi connectivity index (χ0n) is 22.9. The minimum atomic E-state index is -0.987. The van der Waals surface area contributed by atoms with Crippen LogP contribution in [0, 0.1) is 0 Å². The normalized spacial score (nSPS) is 12.3. The Morgan fingerprint density at radius 1 is 0.902 bits per heavy atom. The van der Waals surface area contributed by atoms with E-state index in [1.54, 1.807) is 55.5 Å². The summed E-state index contributed by atoms with van der Waals surface area (Å²) < 4.78 is 16.1. The Balaban J connectivity index is 1.30. The van der Waals surface area contributed by atoms with Gasteiger partial charge in [-0.25, -0.2) is 15.0 Å². The number of aryl methyl sites for hydroxylation is 1. The Labute approximate surface area is 241 Å². The highest BCUT2D eigenvalue weighted by Gasteiger charge is 2.28. The van der Waals surface area contributed by atoms with Crippen molar-refractivity contribution in [3.8, 4) is 11.5 Å². The molecular formula is C30H31N3O7S. The van der Waals surface area contributed by atoms with Gasteiger partial charge >= 0.3 is 23.8 Å². The number of fused-ring (bicyclic) bond motifs is 1. The van der Waals surface area contributed by atoms with Crippen LogP contribution < -0.4 is 20.2 Å². The van der Waals surface area contributed by atoms with Crippen molar-refractivity contribution in [3.63, 3.8) is 0 Å². The monoisotopic (exact) mass is 577 g/mol. The van der Waals surface area contributed by atoms with Crippen LogP contribution in [0.1, 0.15) is 69.8 Å². The van der Waals surface area contributed by atoms with E-state index in [4.69, 9.17) is 14.2 Å². The Hall–Kier alpha value is -4.51. The highest BCUT2D eigenvalue weighted by Crippen LogP contribution is 2.38. The van der Waals surface area contributed by atoms with Gasteiger partial charge in [0.1, 0.15) is 16.5 Å². The molecule has 4 rings (SSSR count). The number of esters is 2. The molecule has 1 aliphatic carbocycles. The second-order valence-corrected chi connectivity index (χ2v) is 10.2. The standard InChI is InChI=1S/C30H31N3O7S/c1-3-17-39-21-15-11-20(12-16-21)29(36)40-22-13-9-19(10-14-22)18-31-33-27(35)26(34)32-28-25(30(37)38-4-2)23-7-5-6-8-24(23)41-28/h9-16,18H,3-8,17H2,1-2H3,(H,32,34)(H,33,35)/b31-18+. The summed E-state index contributed by atoms with van der Waals surface area (Å²) >= 11 is 1.30. The predicted molar refractivity (Wildman–Crippen MR) is 155 cm³/mol. The number of ether oxygens (including phenoxy) is 3. The molecule has 2 N–H and O–H groups in total. The van der Waals surface area contributed by atoms with Gasteiger partial charge in [-0.3, -0.25) is 9.59 Å². The zero-order chi connectivity index (χ0) is 29.2. The van der Waals surface area contributed by atoms with Crippen LogP contribution in [0.2, 0.25) is 0 Å². The summed E-state index contributed by atoms with van der Waals surface area (Å²) in [7, 11) is 0. The summed E-state index contributed by atoms with van der Waals surface area (Å²) in [5.74, 6) is -1.94. The molecule has 3 aromatic rings. The van der Waals surface area contributed by atoms with Crippen LogP contribution >= 0.6 is 11.3 Å². The summed E-state index contributed by atoms with van der Waals surface area (Å²) in [6, 6.07) is 13.2. The van der Waals surface area contributed by atoms with Crippen molar-refractivity contribution < 1.29 is 33.4 Å². The number of nitrogens with zero attached hydrogens (tertiary/aromatic N) is 1. The maximum absolute atomic E-state index is 12.6. The van der Waals surface area contributed by atoms with E-state index in [1.165, 1.54) is 17.6 Å². The van der Waals surface area contributed by atoms with Gasteiger partial charge in [0, 0.05) is 4.88 Å². The lowest BCUT2D eigenvalue weighted by molar-refractivity contribution is -0.136. The van der Waals surface area contributed by atoms with Gasteiger partial charge < -0.3 is 19.5 Å². The quantitative estimate of drug-likeness (QED) is 0.115. The third-order valence-electron chi connectivity index (χ3n) is 6.12. The Morgan fingerprint density at radius 3 is 2.32 bits per heavy atom. The smallest absolute Gasteiger partial charge is 0.343 e. The van der Waals surface area contributed by atoms with Crippen molar-refractivity contribution in [2.24, 2.45) is 5.10 Å². The Morgan fingerprint density at radius 2 is 1.61 bits per heavy atom. The number of anilines is 1. The molecule has 0 aliphatic heterocycles. The first-order valence-electron chi connectivity index (χ1n) is 13.4. The number of nitrogens with one attached hydrogen (secondary N) is 2. The third kappa shape index (κ3) is 7.79. The van der Waals surface area contributed by atoms with E-state index in [0.717, 1.165) is 42.5 Å². The van der Waals surface area contributed by atoms with E-state index in [2.05, 4.69) is 15.8 Å². The highest BCUT2D eigenvalue weighted by atomic mass is 32.1. The van der Waals surface area contributed by atoms with Gasteiger partial charge in [-0.1, -0.05) is 6.92 Å². The number of hydrogen-bond acceptors (Lipinski definition) is 9. The summed E-state index contributed by atoms with van der Waals surface area (Å²) in [4.78, 5) is 50.9. The molecule has 0 saturated heterocycles. The molecule has 0 radical (unpaired) electrons. The molecule has 214 valence electrons. The summed E-state index contributed by atoms with van der Waals surface area (Å²) in [5.41, 5.74) is 4.38.